The summed E-state index contributed by atoms with van der Waals surface area (Å²) in [6.45, 7) is 3.82. The number of hydrogen-bond acceptors (Lipinski definition) is 4. The van der Waals surface area contributed by atoms with Gasteiger partial charge in [-0.25, -0.2) is 0 Å². The van der Waals surface area contributed by atoms with Crippen molar-refractivity contribution in [3.05, 3.63) is 101 Å². The van der Waals surface area contributed by atoms with Gasteiger partial charge in [-0.05, 0) is 49.2 Å². The lowest BCUT2D eigenvalue weighted by Gasteiger charge is -2.25. The number of aryl methyl sites for hydroxylation is 2. The third-order valence-corrected chi connectivity index (χ3v) is 5.24. The Morgan fingerprint density at radius 2 is 1.57 bits per heavy atom. The lowest BCUT2D eigenvalue weighted by Crippen LogP contribution is -2.29. The van der Waals surface area contributed by atoms with Crippen molar-refractivity contribution in [3.8, 4) is 5.75 Å². The molecule has 1 heterocycles. The second-order valence-corrected chi connectivity index (χ2v) is 7.47. The van der Waals surface area contributed by atoms with E-state index >= 15 is 0 Å². The van der Waals surface area contributed by atoms with Crippen molar-refractivity contribution in [3.63, 3.8) is 0 Å². The summed E-state index contributed by atoms with van der Waals surface area (Å²) in [7, 11) is 0. The number of anilines is 1. The highest BCUT2D eigenvalue weighted by molar-refractivity contribution is 6.51. The fourth-order valence-corrected chi connectivity index (χ4v) is 3.75. The number of carbonyl (C=O) groups excluding carboxylic acids is 2. The monoisotopic (exact) mass is 399 g/mol. The first kappa shape index (κ1) is 19.5. The van der Waals surface area contributed by atoms with E-state index in [0.29, 0.717) is 16.8 Å². The average Bonchev–Trinajstić information content (AvgIpc) is 2.99. The molecule has 0 bridgehead atoms. The first-order chi connectivity index (χ1) is 14.4. The predicted molar refractivity (Wildman–Crippen MR) is 115 cm³/mol. The summed E-state index contributed by atoms with van der Waals surface area (Å²) in [5.41, 5.74) is 3.47. The number of hydrogen-bond donors (Lipinski definition) is 2. The van der Waals surface area contributed by atoms with Crippen molar-refractivity contribution < 1.29 is 19.8 Å². The van der Waals surface area contributed by atoms with E-state index < -0.39 is 17.7 Å². The molecule has 5 heteroatoms. The highest BCUT2D eigenvalue weighted by Crippen LogP contribution is 2.42. The summed E-state index contributed by atoms with van der Waals surface area (Å²) in [5, 5.41) is 21.0. The van der Waals surface area contributed by atoms with Crippen LogP contribution in [0.3, 0.4) is 0 Å². The summed E-state index contributed by atoms with van der Waals surface area (Å²) in [6.07, 6.45) is 0. The molecule has 2 N–H and O–H groups in total. The molecule has 3 aromatic rings. The summed E-state index contributed by atoms with van der Waals surface area (Å²) in [4.78, 5) is 27.5. The molecule has 1 aliphatic rings. The second kappa shape index (κ2) is 7.52. The molecule has 0 spiro atoms. The van der Waals surface area contributed by atoms with Gasteiger partial charge in [-0.15, -0.1) is 0 Å². The van der Waals surface area contributed by atoms with E-state index in [1.165, 1.54) is 17.0 Å². The van der Waals surface area contributed by atoms with Gasteiger partial charge in [0, 0.05) is 11.3 Å². The third kappa shape index (κ3) is 3.35. The Labute approximate surface area is 174 Å². The van der Waals surface area contributed by atoms with Gasteiger partial charge in [-0.1, -0.05) is 54.1 Å². The van der Waals surface area contributed by atoms with Gasteiger partial charge in [-0.3, -0.25) is 14.5 Å². The molecule has 1 unspecified atom stereocenters. The van der Waals surface area contributed by atoms with Crippen LogP contribution in [0.25, 0.3) is 5.76 Å². The standard InChI is InChI=1S/C25H21NO4/c1-15-9-11-17(12-10-15)23(28)21-22(18-6-4-8-20(27)14-18)26(25(30)24(21)29)19-7-3-5-16(2)13-19/h3-14,22,27-28H,1-2H3/b23-21+. The molecule has 1 amide bonds. The van der Waals surface area contributed by atoms with Crippen molar-refractivity contribution in [2.75, 3.05) is 4.90 Å². The molecular formula is C25H21NO4. The van der Waals surface area contributed by atoms with Crippen molar-refractivity contribution in [1.29, 1.82) is 0 Å². The fraction of sp³-hybridized carbons (Fsp3) is 0.120. The highest BCUT2D eigenvalue weighted by Gasteiger charge is 2.47. The average molecular weight is 399 g/mol. The first-order valence-electron chi connectivity index (χ1n) is 9.60. The minimum absolute atomic E-state index is 0.00374. The number of rotatable bonds is 3. The second-order valence-electron chi connectivity index (χ2n) is 7.47. The quantitative estimate of drug-likeness (QED) is 0.382. The molecule has 30 heavy (non-hydrogen) atoms. The minimum atomic E-state index is -0.861. The molecule has 0 aromatic heterocycles. The van der Waals surface area contributed by atoms with E-state index in [9.17, 15) is 19.8 Å². The summed E-state index contributed by atoms with van der Waals surface area (Å²) in [6, 6.07) is 19.9. The maximum absolute atomic E-state index is 13.1. The lowest BCUT2D eigenvalue weighted by molar-refractivity contribution is -0.132. The zero-order valence-electron chi connectivity index (χ0n) is 16.7. The largest absolute Gasteiger partial charge is 0.508 e. The topological polar surface area (TPSA) is 77.8 Å². The lowest BCUT2D eigenvalue weighted by atomic mass is 9.94. The number of aliphatic hydroxyl groups excluding tert-OH is 1. The minimum Gasteiger partial charge on any atom is -0.508 e. The van der Waals surface area contributed by atoms with Crippen molar-refractivity contribution in [2.45, 2.75) is 19.9 Å². The van der Waals surface area contributed by atoms with Crippen molar-refractivity contribution in [2.24, 2.45) is 0 Å². The molecule has 0 aliphatic carbocycles. The molecule has 1 fully saturated rings. The zero-order valence-corrected chi connectivity index (χ0v) is 16.7. The number of aliphatic hydroxyl groups is 1. The molecule has 1 aliphatic heterocycles. The van der Waals surface area contributed by atoms with Gasteiger partial charge >= 0.3 is 0 Å². The Balaban J connectivity index is 1.96. The SMILES string of the molecule is Cc1ccc(/C(O)=C2\C(=O)C(=O)N(c3cccc(C)c3)C2c2cccc(O)c2)cc1. The van der Waals surface area contributed by atoms with Gasteiger partial charge in [0.15, 0.2) is 0 Å². The van der Waals surface area contributed by atoms with E-state index in [1.54, 1.807) is 30.3 Å². The molecule has 1 atom stereocenters. The molecule has 5 nitrogen and oxygen atoms in total. The Bertz CT molecular complexity index is 1180. The van der Waals surface area contributed by atoms with Gasteiger partial charge in [0.1, 0.15) is 11.5 Å². The van der Waals surface area contributed by atoms with Crippen LogP contribution < -0.4 is 4.90 Å². The Kier molecular flexibility index (Phi) is 4.88. The number of carbonyl (C=O) groups is 2. The van der Waals surface area contributed by atoms with Crippen LogP contribution in [0.5, 0.6) is 5.75 Å². The van der Waals surface area contributed by atoms with E-state index in [2.05, 4.69) is 0 Å². The van der Waals surface area contributed by atoms with Crippen LogP contribution in [-0.4, -0.2) is 21.9 Å². The maximum Gasteiger partial charge on any atom is 0.300 e. The first-order valence-corrected chi connectivity index (χ1v) is 9.60. The van der Waals surface area contributed by atoms with Crippen LogP contribution in [0, 0.1) is 13.8 Å². The van der Waals surface area contributed by atoms with Gasteiger partial charge < -0.3 is 10.2 Å². The summed E-state index contributed by atoms with van der Waals surface area (Å²) >= 11 is 0. The third-order valence-electron chi connectivity index (χ3n) is 5.24. The van der Waals surface area contributed by atoms with E-state index in [1.807, 2.05) is 44.2 Å². The van der Waals surface area contributed by atoms with Crippen LogP contribution in [0.1, 0.15) is 28.3 Å². The van der Waals surface area contributed by atoms with Gasteiger partial charge in [0.05, 0.1) is 11.6 Å². The number of Topliss-reactive ketones (excluding diaryl/α,β-unsaturated/α-hetero) is 1. The predicted octanol–water partition coefficient (Wildman–Crippen LogP) is 4.64. The number of ketones is 1. The van der Waals surface area contributed by atoms with Crippen LogP contribution in [0.4, 0.5) is 5.69 Å². The van der Waals surface area contributed by atoms with Crippen LogP contribution in [0.2, 0.25) is 0 Å². The molecule has 0 saturated carbocycles. The number of amides is 1. The van der Waals surface area contributed by atoms with E-state index in [-0.39, 0.29) is 17.1 Å². The van der Waals surface area contributed by atoms with Gasteiger partial charge in [0.2, 0.25) is 0 Å². The van der Waals surface area contributed by atoms with E-state index in [4.69, 9.17) is 0 Å². The number of benzene rings is 3. The molecule has 3 aromatic carbocycles. The highest BCUT2D eigenvalue weighted by atomic mass is 16.3. The summed E-state index contributed by atoms with van der Waals surface area (Å²) < 4.78 is 0. The molecule has 150 valence electrons. The van der Waals surface area contributed by atoms with Crippen LogP contribution in [0.15, 0.2) is 78.4 Å². The van der Waals surface area contributed by atoms with E-state index in [0.717, 1.165) is 11.1 Å². The van der Waals surface area contributed by atoms with Gasteiger partial charge in [0.25, 0.3) is 11.7 Å². The molecule has 0 radical (unpaired) electrons. The Morgan fingerprint density at radius 1 is 0.867 bits per heavy atom. The van der Waals surface area contributed by atoms with Gasteiger partial charge in [-0.2, -0.15) is 0 Å². The van der Waals surface area contributed by atoms with Crippen LogP contribution >= 0.6 is 0 Å². The number of nitrogens with zero attached hydrogens (tertiary/aromatic N) is 1. The zero-order chi connectivity index (χ0) is 21.4. The van der Waals surface area contributed by atoms with Crippen molar-refractivity contribution >= 4 is 23.1 Å². The summed E-state index contributed by atoms with van der Waals surface area (Å²) in [5.74, 6) is -1.71. The smallest absolute Gasteiger partial charge is 0.300 e. The number of aromatic hydroxyl groups is 1. The molecule has 4 rings (SSSR count). The Morgan fingerprint density at radius 3 is 2.23 bits per heavy atom. The molecule has 1 saturated heterocycles. The Hall–Kier alpha value is -3.86. The molecular weight excluding hydrogens is 378 g/mol. The maximum atomic E-state index is 13.1. The fourth-order valence-electron chi connectivity index (χ4n) is 3.75. The number of phenolic OH excluding ortho intramolecular Hbond substituents is 1. The number of phenols is 1. The van der Waals surface area contributed by atoms with Crippen molar-refractivity contribution in [1.82, 2.24) is 0 Å². The normalized spacial score (nSPS) is 18.1. The van der Waals surface area contributed by atoms with Crippen LogP contribution in [-0.2, 0) is 9.59 Å².